The first-order valence-corrected chi connectivity index (χ1v) is 19.7. The van der Waals surface area contributed by atoms with Crippen molar-refractivity contribution in [1.29, 1.82) is 0 Å². The van der Waals surface area contributed by atoms with E-state index in [1.54, 1.807) is 47.4 Å². The Morgan fingerprint density at radius 3 is 2.33 bits per heavy atom. The summed E-state index contributed by atoms with van der Waals surface area (Å²) in [5, 5.41) is 18.7. The lowest BCUT2D eigenvalue weighted by Gasteiger charge is -2.38. The fraction of sp³-hybridized carbons (Fsp3) is 0.293. The Morgan fingerprint density at radius 1 is 0.909 bits per heavy atom. The number of hydrogen-bond donors (Lipinski definition) is 3. The summed E-state index contributed by atoms with van der Waals surface area (Å²) in [5.41, 5.74) is 2.85. The molecule has 2 heterocycles. The maximum absolute atomic E-state index is 13.9. The van der Waals surface area contributed by atoms with E-state index in [1.807, 2.05) is 49.4 Å². The molecule has 14 heteroatoms. The van der Waals surface area contributed by atoms with Crippen molar-refractivity contribution in [2.24, 2.45) is 0 Å². The molecular weight excluding hydrogens is 742 g/mol. The maximum Gasteiger partial charge on any atom is 0.253 e. The molecule has 1 saturated heterocycles. The van der Waals surface area contributed by atoms with Gasteiger partial charge in [-0.3, -0.25) is 14.6 Å². The van der Waals surface area contributed by atoms with E-state index < -0.39 is 21.5 Å². The molecule has 5 aromatic rings. The molecule has 0 aliphatic carbocycles. The third-order valence-corrected chi connectivity index (χ3v) is 11.9. The van der Waals surface area contributed by atoms with E-state index in [9.17, 15) is 23.1 Å². The van der Waals surface area contributed by atoms with Gasteiger partial charge in [0, 0.05) is 66.5 Å². The van der Waals surface area contributed by atoms with Gasteiger partial charge in [-0.2, -0.15) is 4.31 Å². The summed E-state index contributed by atoms with van der Waals surface area (Å²) in [5.74, 6) is 0.140. The van der Waals surface area contributed by atoms with Crippen LogP contribution in [-0.4, -0.2) is 86.5 Å². The number of anilines is 2. The van der Waals surface area contributed by atoms with Crippen molar-refractivity contribution in [2.45, 2.75) is 36.7 Å². The highest BCUT2D eigenvalue weighted by molar-refractivity contribution is 7.89. The Kier molecular flexibility index (Phi) is 12.3. The number of methoxy groups -OCH3 is 2. The van der Waals surface area contributed by atoms with E-state index in [-0.39, 0.29) is 42.6 Å². The average molecular weight is 786 g/mol. The number of benzene rings is 4. The molecule has 288 valence electrons. The number of carbonyl (C=O) groups excluding carboxylic acids is 2. The summed E-state index contributed by atoms with van der Waals surface area (Å²) in [6.07, 6.45) is 0.652. The van der Waals surface area contributed by atoms with Gasteiger partial charge in [0.2, 0.25) is 15.9 Å². The minimum atomic E-state index is -4.03. The van der Waals surface area contributed by atoms with Crippen molar-refractivity contribution in [2.75, 3.05) is 57.6 Å². The van der Waals surface area contributed by atoms with Gasteiger partial charge in [-0.05, 0) is 92.1 Å². The van der Waals surface area contributed by atoms with Crippen LogP contribution < -0.4 is 20.1 Å². The van der Waals surface area contributed by atoms with Crippen LogP contribution in [0.3, 0.4) is 0 Å². The van der Waals surface area contributed by atoms with E-state index in [0.29, 0.717) is 48.0 Å². The number of rotatable bonds is 14. The first-order chi connectivity index (χ1) is 26.4. The number of amides is 2. The number of ether oxygens (including phenoxy) is 2. The summed E-state index contributed by atoms with van der Waals surface area (Å²) in [7, 11) is -1.08. The van der Waals surface area contributed by atoms with Crippen LogP contribution in [0.2, 0.25) is 5.02 Å². The predicted molar refractivity (Wildman–Crippen MR) is 213 cm³/mol. The molecular formula is C41H44ClN5O7S. The van der Waals surface area contributed by atoms with E-state index >= 15 is 0 Å². The Bertz CT molecular complexity index is 2270. The fourth-order valence-corrected chi connectivity index (χ4v) is 8.32. The molecule has 12 nitrogen and oxygen atoms in total. The van der Waals surface area contributed by atoms with Gasteiger partial charge in [-0.15, -0.1) is 0 Å². The Labute approximate surface area is 326 Å². The molecule has 4 aromatic carbocycles. The first-order valence-electron chi connectivity index (χ1n) is 17.9. The summed E-state index contributed by atoms with van der Waals surface area (Å²) in [4.78, 5) is 33.1. The number of nitrogens with one attached hydrogen (secondary N) is 2. The first kappa shape index (κ1) is 39.5. The van der Waals surface area contributed by atoms with Gasteiger partial charge in [-0.25, -0.2) is 8.42 Å². The van der Waals surface area contributed by atoms with Crippen molar-refractivity contribution in [3.8, 4) is 11.5 Å². The SMILES string of the molecule is COc1ccc(S(=O)(=O)N(CCNc2cc(C)nc3ccc(Cl)cc23)CCC(=O)Nc2ccc(C(=O)N3CCC(O)(c4ccccc4)CC3)cc2OC)cc1. The number of hydrogen-bond acceptors (Lipinski definition) is 9. The molecule has 1 aliphatic rings. The van der Waals surface area contributed by atoms with Crippen LogP contribution in [-0.2, 0) is 20.4 Å². The molecule has 1 aromatic heterocycles. The van der Waals surface area contributed by atoms with Gasteiger partial charge in [0.05, 0.1) is 35.9 Å². The highest BCUT2D eigenvalue weighted by atomic mass is 35.5. The van der Waals surface area contributed by atoms with E-state index in [1.165, 1.54) is 30.7 Å². The second-order valence-corrected chi connectivity index (χ2v) is 15.8. The third-order valence-electron chi connectivity index (χ3n) is 9.77. The van der Waals surface area contributed by atoms with E-state index in [2.05, 4.69) is 15.6 Å². The number of carbonyl (C=O) groups is 2. The Balaban J connectivity index is 1.12. The molecule has 3 N–H and O–H groups in total. The number of aromatic nitrogens is 1. The molecule has 0 unspecified atom stereocenters. The average Bonchev–Trinajstić information content (AvgIpc) is 3.19. The standard InChI is InChI=1S/C41H44ClN5O7S/c1-28-25-37(34-27-31(42)10-16-35(34)44-28)43-20-24-47(55(51,52)33-13-11-32(53-2)12-14-33)21-17-39(48)45-36-15-9-29(26-38(36)54-3)40(49)46-22-18-41(50,19-23-46)30-7-5-4-6-8-30/h4-16,25-27,50H,17-24H2,1-3H3,(H,43,44)(H,45,48). The van der Waals surface area contributed by atoms with Crippen molar-refractivity contribution in [3.05, 3.63) is 119 Å². The molecule has 0 saturated carbocycles. The van der Waals surface area contributed by atoms with Crippen molar-refractivity contribution >= 4 is 55.7 Å². The Hall–Kier alpha value is -5.21. The van der Waals surface area contributed by atoms with Crippen LogP contribution in [0.25, 0.3) is 10.9 Å². The van der Waals surface area contributed by atoms with Gasteiger partial charge in [0.1, 0.15) is 11.5 Å². The normalized spacial score (nSPS) is 14.1. The monoisotopic (exact) mass is 785 g/mol. The zero-order valence-electron chi connectivity index (χ0n) is 30.9. The number of pyridine rings is 1. The van der Waals surface area contributed by atoms with Gasteiger partial charge < -0.3 is 30.1 Å². The Morgan fingerprint density at radius 2 is 1.64 bits per heavy atom. The lowest BCUT2D eigenvalue weighted by molar-refractivity contribution is -0.116. The molecule has 0 bridgehead atoms. The van der Waals surface area contributed by atoms with Gasteiger partial charge in [0.15, 0.2) is 0 Å². The number of nitrogens with zero attached hydrogens (tertiary/aromatic N) is 3. The van der Waals surface area contributed by atoms with Gasteiger partial charge in [-0.1, -0.05) is 41.9 Å². The number of fused-ring (bicyclic) bond motifs is 1. The van der Waals surface area contributed by atoms with E-state index in [4.69, 9.17) is 21.1 Å². The zero-order chi connectivity index (χ0) is 39.2. The number of sulfonamides is 1. The summed E-state index contributed by atoms with van der Waals surface area (Å²) >= 11 is 6.27. The molecule has 0 spiro atoms. The molecule has 1 aliphatic heterocycles. The fourth-order valence-electron chi connectivity index (χ4n) is 6.71. The molecule has 0 atom stereocenters. The highest BCUT2D eigenvalue weighted by Crippen LogP contribution is 2.34. The summed E-state index contributed by atoms with van der Waals surface area (Å²) in [6.45, 7) is 2.79. The number of aryl methyl sites for hydroxylation is 1. The largest absolute Gasteiger partial charge is 0.497 e. The summed E-state index contributed by atoms with van der Waals surface area (Å²) < 4.78 is 39.9. The topological polar surface area (TPSA) is 150 Å². The van der Waals surface area contributed by atoms with Crippen LogP contribution in [0, 0.1) is 6.92 Å². The van der Waals surface area contributed by atoms with Crippen LogP contribution in [0.15, 0.2) is 102 Å². The molecule has 2 amide bonds. The minimum Gasteiger partial charge on any atom is -0.497 e. The van der Waals surface area contributed by atoms with Crippen LogP contribution in [0.1, 0.15) is 40.9 Å². The van der Waals surface area contributed by atoms with Crippen LogP contribution in [0.4, 0.5) is 11.4 Å². The smallest absolute Gasteiger partial charge is 0.253 e. The second-order valence-electron chi connectivity index (χ2n) is 13.4. The number of likely N-dealkylation sites (tertiary alicyclic amines) is 1. The molecule has 55 heavy (non-hydrogen) atoms. The third kappa shape index (κ3) is 9.19. The second kappa shape index (κ2) is 17.1. The maximum atomic E-state index is 13.9. The van der Waals surface area contributed by atoms with Crippen LogP contribution >= 0.6 is 11.6 Å². The number of aliphatic hydroxyl groups is 1. The lowest BCUT2D eigenvalue weighted by Crippen LogP contribution is -2.45. The predicted octanol–water partition coefficient (Wildman–Crippen LogP) is 6.47. The quantitative estimate of drug-likeness (QED) is 0.115. The van der Waals surface area contributed by atoms with Crippen molar-refractivity contribution in [1.82, 2.24) is 14.2 Å². The van der Waals surface area contributed by atoms with E-state index in [0.717, 1.165) is 27.8 Å². The van der Waals surface area contributed by atoms with Crippen LogP contribution in [0.5, 0.6) is 11.5 Å². The van der Waals surface area contributed by atoms with Crippen molar-refractivity contribution < 1.29 is 32.6 Å². The van der Waals surface area contributed by atoms with Gasteiger partial charge >= 0.3 is 0 Å². The highest BCUT2D eigenvalue weighted by Gasteiger charge is 2.35. The molecule has 0 radical (unpaired) electrons. The lowest BCUT2D eigenvalue weighted by atomic mass is 9.84. The molecule has 6 rings (SSSR count). The number of piperidine rings is 1. The van der Waals surface area contributed by atoms with Gasteiger partial charge in [0.25, 0.3) is 5.91 Å². The van der Waals surface area contributed by atoms with Crippen molar-refractivity contribution in [3.63, 3.8) is 0 Å². The molecule has 1 fully saturated rings. The minimum absolute atomic E-state index is 0.0461. The summed E-state index contributed by atoms with van der Waals surface area (Å²) in [6, 6.07) is 27.6. The zero-order valence-corrected chi connectivity index (χ0v) is 32.5. The number of halogens is 1.